The van der Waals surface area contributed by atoms with Crippen molar-refractivity contribution in [1.82, 2.24) is 10.6 Å². The zero-order valence-electron chi connectivity index (χ0n) is 22.9. The van der Waals surface area contributed by atoms with E-state index in [9.17, 15) is 18.0 Å². The molecule has 1 atom stereocenters. The molecule has 3 N–H and O–H groups in total. The van der Waals surface area contributed by atoms with Crippen LogP contribution in [0.1, 0.15) is 29.5 Å². The van der Waals surface area contributed by atoms with Crippen molar-refractivity contribution in [2.75, 3.05) is 26.3 Å². The summed E-state index contributed by atoms with van der Waals surface area (Å²) in [5.74, 6) is -0.372. The SMILES string of the molecule is C[C@@H](CNCC(=O)OCC(Br)(Br)Br)NC(=O)OCC1c2ccccc2-c2ccccc21.Cc1ccc(S(=O)(=O)O)cc1. The predicted molar refractivity (Wildman–Crippen MR) is 172 cm³/mol. The minimum Gasteiger partial charge on any atom is -0.461 e. The van der Waals surface area contributed by atoms with E-state index < -0.39 is 24.3 Å². The third-order valence-corrected chi connectivity index (χ3v) is 7.70. The van der Waals surface area contributed by atoms with Gasteiger partial charge in [0.05, 0.1) is 11.4 Å². The van der Waals surface area contributed by atoms with Crippen molar-refractivity contribution in [3.63, 3.8) is 0 Å². The highest BCUT2D eigenvalue weighted by Gasteiger charge is 2.29. The highest BCUT2D eigenvalue weighted by Crippen LogP contribution is 2.44. The average molecular weight is 791 g/mol. The van der Waals surface area contributed by atoms with E-state index in [0.717, 1.165) is 5.56 Å². The van der Waals surface area contributed by atoms with Gasteiger partial charge in [0.25, 0.3) is 10.1 Å². The van der Waals surface area contributed by atoms with Crippen LogP contribution in [-0.4, -0.2) is 59.5 Å². The number of fused-ring (bicyclic) bond motifs is 3. The van der Waals surface area contributed by atoms with E-state index in [1.165, 1.54) is 34.4 Å². The van der Waals surface area contributed by atoms with E-state index >= 15 is 0 Å². The van der Waals surface area contributed by atoms with E-state index in [1.807, 2.05) is 38.1 Å². The first kappa shape index (κ1) is 34.2. The molecule has 3 aromatic rings. The highest BCUT2D eigenvalue weighted by atomic mass is 80.0. The fraction of sp³-hybridized carbons (Fsp3) is 0.310. The van der Waals surface area contributed by atoms with Gasteiger partial charge in [0.1, 0.15) is 13.2 Å². The van der Waals surface area contributed by atoms with Crippen LogP contribution in [0.5, 0.6) is 0 Å². The number of hydrogen-bond acceptors (Lipinski definition) is 7. The molecule has 0 bridgehead atoms. The molecule has 4 rings (SSSR count). The summed E-state index contributed by atoms with van der Waals surface area (Å²) in [5, 5.41) is 5.74. The molecule has 3 aromatic carbocycles. The van der Waals surface area contributed by atoms with E-state index in [-0.39, 0.29) is 36.6 Å². The molecule has 0 aliphatic heterocycles. The van der Waals surface area contributed by atoms with Crippen molar-refractivity contribution in [1.29, 1.82) is 0 Å². The molecule has 1 aliphatic carbocycles. The molecule has 0 unspecified atom stereocenters. The fourth-order valence-electron chi connectivity index (χ4n) is 4.21. The number of benzene rings is 3. The van der Waals surface area contributed by atoms with Crippen LogP contribution < -0.4 is 10.6 Å². The Labute approximate surface area is 270 Å². The summed E-state index contributed by atoms with van der Waals surface area (Å²) < 4.78 is 39.5. The van der Waals surface area contributed by atoms with Crippen LogP contribution in [0.3, 0.4) is 0 Å². The van der Waals surface area contributed by atoms with Crippen LogP contribution in [0, 0.1) is 6.92 Å². The lowest BCUT2D eigenvalue weighted by Gasteiger charge is -2.18. The second-order valence-electron chi connectivity index (χ2n) is 9.57. The van der Waals surface area contributed by atoms with Crippen LogP contribution in [-0.2, 0) is 24.4 Å². The number of carbonyl (C=O) groups is 2. The van der Waals surface area contributed by atoms with Gasteiger partial charge in [0.2, 0.25) is 0 Å². The number of hydrogen-bond donors (Lipinski definition) is 3. The molecule has 1 amide bonds. The minimum atomic E-state index is -4.02. The Morgan fingerprint density at radius 2 is 1.48 bits per heavy atom. The maximum atomic E-state index is 12.3. The molecule has 0 saturated carbocycles. The number of rotatable bonds is 9. The van der Waals surface area contributed by atoms with E-state index in [4.69, 9.17) is 14.0 Å². The van der Waals surface area contributed by atoms with Crippen LogP contribution >= 0.6 is 47.8 Å². The normalized spacial score (nSPS) is 13.2. The summed E-state index contributed by atoms with van der Waals surface area (Å²) in [4.78, 5) is 23.9. The molecule has 42 heavy (non-hydrogen) atoms. The van der Waals surface area contributed by atoms with Gasteiger partial charge >= 0.3 is 12.1 Å². The van der Waals surface area contributed by atoms with Gasteiger partial charge in [-0.25, -0.2) is 4.79 Å². The third-order valence-electron chi connectivity index (χ3n) is 6.14. The maximum absolute atomic E-state index is 12.3. The third kappa shape index (κ3) is 10.8. The summed E-state index contributed by atoms with van der Waals surface area (Å²) in [7, 11) is -4.02. The van der Waals surface area contributed by atoms with E-state index in [1.54, 1.807) is 12.1 Å². The Kier molecular flexibility index (Phi) is 12.6. The summed E-state index contributed by atoms with van der Waals surface area (Å²) in [6.45, 7) is 4.51. The molecule has 226 valence electrons. The summed E-state index contributed by atoms with van der Waals surface area (Å²) in [5.41, 5.74) is 5.67. The summed E-state index contributed by atoms with van der Waals surface area (Å²) in [6, 6.07) is 22.2. The first-order chi connectivity index (χ1) is 19.7. The van der Waals surface area contributed by atoms with E-state index in [2.05, 4.69) is 82.7 Å². The standard InChI is InChI=1S/C22H23Br3N2O4.C7H8O3S/c1-14(10-26-11-20(28)31-13-22(23,24)25)27-21(29)30-12-19-17-8-4-2-6-15(17)16-7-3-5-9-18(16)19;1-6-2-4-7(5-3-6)11(8,9)10/h2-9,14,19,26H,10-13H2,1H3,(H,27,29);2-5H,1H3,(H,8,9,10)/t14-;/m0./s1. The van der Waals surface area contributed by atoms with Gasteiger partial charge < -0.3 is 20.1 Å². The van der Waals surface area contributed by atoms with Gasteiger partial charge in [0.15, 0.2) is 2.14 Å². The first-order valence-electron chi connectivity index (χ1n) is 12.8. The fourth-order valence-corrected chi connectivity index (χ4v) is 5.03. The first-order valence-corrected chi connectivity index (χ1v) is 16.7. The topological polar surface area (TPSA) is 131 Å². The van der Waals surface area contributed by atoms with E-state index in [0.29, 0.717) is 6.54 Å². The van der Waals surface area contributed by atoms with Crippen molar-refractivity contribution in [3.8, 4) is 11.1 Å². The van der Waals surface area contributed by atoms with Crippen molar-refractivity contribution >= 4 is 70.0 Å². The van der Waals surface area contributed by atoms with Gasteiger partial charge in [-0.1, -0.05) is 114 Å². The van der Waals surface area contributed by atoms with Gasteiger partial charge in [-0.05, 0) is 48.2 Å². The maximum Gasteiger partial charge on any atom is 0.407 e. The van der Waals surface area contributed by atoms with Gasteiger partial charge in [-0.2, -0.15) is 8.42 Å². The monoisotopic (exact) mass is 788 g/mol. The Morgan fingerprint density at radius 1 is 0.929 bits per heavy atom. The molecule has 0 radical (unpaired) electrons. The number of nitrogens with one attached hydrogen (secondary N) is 2. The number of carbonyl (C=O) groups excluding carboxylic acids is 2. The summed E-state index contributed by atoms with van der Waals surface area (Å²) in [6.07, 6.45) is -0.485. The Morgan fingerprint density at radius 3 is 2.00 bits per heavy atom. The molecule has 1 aliphatic rings. The van der Waals surface area contributed by atoms with Crippen molar-refractivity contribution in [3.05, 3.63) is 89.5 Å². The Hall–Kier alpha value is -2.29. The lowest BCUT2D eigenvalue weighted by molar-refractivity contribution is -0.142. The largest absolute Gasteiger partial charge is 0.461 e. The molecule has 0 fully saturated rings. The van der Waals surface area contributed by atoms with Gasteiger partial charge in [0, 0.05) is 18.5 Å². The van der Waals surface area contributed by atoms with Gasteiger partial charge in [-0.15, -0.1) is 0 Å². The second-order valence-corrected chi connectivity index (χ2v) is 18.2. The number of ether oxygens (including phenoxy) is 2. The Balaban J connectivity index is 0.000000369. The highest BCUT2D eigenvalue weighted by molar-refractivity contribution is 9.39. The second kappa shape index (κ2) is 15.4. The number of esters is 1. The zero-order chi connectivity index (χ0) is 30.9. The predicted octanol–water partition coefficient (Wildman–Crippen LogP) is 6.13. The molecule has 0 heterocycles. The quantitative estimate of drug-likeness (QED) is 0.134. The zero-order valence-corrected chi connectivity index (χ0v) is 28.4. The lowest BCUT2D eigenvalue weighted by atomic mass is 9.98. The van der Waals surface area contributed by atoms with Crippen molar-refractivity contribution < 1.29 is 32.0 Å². The molecular weight excluding hydrogens is 760 g/mol. The van der Waals surface area contributed by atoms with Crippen LogP contribution in [0.4, 0.5) is 4.79 Å². The van der Waals surface area contributed by atoms with Crippen LogP contribution in [0.2, 0.25) is 0 Å². The summed E-state index contributed by atoms with van der Waals surface area (Å²) >= 11 is 9.77. The van der Waals surface area contributed by atoms with Gasteiger partial charge in [-0.3, -0.25) is 9.35 Å². The molecule has 9 nitrogen and oxygen atoms in total. The van der Waals surface area contributed by atoms with Crippen LogP contribution in [0.15, 0.2) is 77.7 Å². The molecule has 0 aromatic heterocycles. The van der Waals surface area contributed by atoms with Crippen molar-refractivity contribution in [2.45, 2.75) is 32.8 Å². The number of alkyl halides is 3. The van der Waals surface area contributed by atoms with Crippen LogP contribution in [0.25, 0.3) is 11.1 Å². The van der Waals surface area contributed by atoms with Crippen molar-refractivity contribution in [2.24, 2.45) is 0 Å². The molecule has 13 heteroatoms. The number of amides is 1. The molecule has 0 spiro atoms. The molecular formula is C29H31Br3N2O7S. The number of halogens is 3. The molecule has 0 saturated heterocycles. The Bertz CT molecular complexity index is 1430. The lowest BCUT2D eigenvalue weighted by Crippen LogP contribution is -2.42. The minimum absolute atomic E-state index is 0.0202. The smallest absolute Gasteiger partial charge is 0.407 e. The number of aryl methyl sites for hydroxylation is 1. The number of alkyl carbamates (subject to hydrolysis) is 1. The average Bonchev–Trinajstić information content (AvgIpc) is 3.24.